The van der Waals surface area contributed by atoms with E-state index in [-0.39, 0.29) is 0 Å². The summed E-state index contributed by atoms with van der Waals surface area (Å²) in [5.74, 6) is 0. The standard InChI is InChI=1S/C16H37NSi/c1-5-6-7-8-9-10-11-12-13-14-15-16-17(2)18(3)4/h18H,5-16H2,1-4H3. The predicted octanol–water partition coefficient (Wildman–Crippen LogP) is 5.21. The molecule has 18 heavy (non-hydrogen) atoms. The Morgan fingerprint density at radius 2 is 1.06 bits per heavy atom. The summed E-state index contributed by atoms with van der Waals surface area (Å²) in [4.78, 5) is 0. The highest BCUT2D eigenvalue weighted by Crippen LogP contribution is 2.11. The Morgan fingerprint density at radius 3 is 1.44 bits per heavy atom. The molecule has 0 saturated heterocycles. The number of rotatable bonds is 13. The largest absolute Gasteiger partial charge is 0.329 e. The van der Waals surface area contributed by atoms with Crippen molar-refractivity contribution in [3.63, 3.8) is 0 Å². The maximum atomic E-state index is 2.59. The Balaban J connectivity index is 3.03. The van der Waals surface area contributed by atoms with Crippen molar-refractivity contribution in [2.45, 2.75) is 90.6 Å². The summed E-state index contributed by atoms with van der Waals surface area (Å²) in [6.07, 6.45) is 15.9. The zero-order valence-electron chi connectivity index (χ0n) is 13.5. The topological polar surface area (TPSA) is 3.24 Å². The van der Waals surface area contributed by atoms with Crippen LogP contribution in [0.15, 0.2) is 0 Å². The van der Waals surface area contributed by atoms with Crippen LogP contribution in [0.3, 0.4) is 0 Å². The molecule has 0 fully saturated rings. The molecule has 0 aromatic carbocycles. The third-order valence-corrected chi connectivity index (χ3v) is 6.02. The molecule has 2 heteroatoms. The number of hydrogen-bond acceptors (Lipinski definition) is 1. The van der Waals surface area contributed by atoms with Crippen molar-refractivity contribution in [2.75, 3.05) is 13.6 Å². The molecule has 0 radical (unpaired) electrons. The SMILES string of the molecule is CCCCCCCCCCCCCN(C)[SiH](C)C. The van der Waals surface area contributed by atoms with Crippen LogP contribution >= 0.6 is 0 Å². The van der Waals surface area contributed by atoms with Crippen LogP contribution in [0.5, 0.6) is 0 Å². The van der Waals surface area contributed by atoms with Crippen LogP contribution in [0.4, 0.5) is 0 Å². The van der Waals surface area contributed by atoms with Gasteiger partial charge in [-0.1, -0.05) is 84.2 Å². The Hall–Kier alpha value is 0.177. The first-order valence-corrected chi connectivity index (χ1v) is 11.2. The van der Waals surface area contributed by atoms with E-state index in [9.17, 15) is 0 Å². The van der Waals surface area contributed by atoms with Gasteiger partial charge in [-0.2, -0.15) is 0 Å². The van der Waals surface area contributed by atoms with Gasteiger partial charge in [-0.05, 0) is 20.0 Å². The molecular weight excluding hydrogens is 234 g/mol. The van der Waals surface area contributed by atoms with E-state index in [1.165, 1.54) is 77.2 Å². The molecule has 0 aliphatic heterocycles. The quantitative estimate of drug-likeness (QED) is 0.328. The molecule has 0 heterocycles. The monoisotopic (exact) mass is 271 g/mol. The minimum Gasteiger partial charge on any atom is -0.329 e. The van der Waals surface area contributed by atoms with Crippen LogP contribution in [0, 0.1) is 0 Å². The van der Waals surface area contributed by atoms with Crippen LogP contribution in [-0.4, -0.2) is 27.1 Å². The Labute approximate surface area is 118 Å². The first-order valence-electron chi connectivity index (χ1n) is 8.38. The molecule has 110 valence electrons. The summed E-state index contributed by atoms with van der Waals surface area (Å²) in [6, 6.07) is 0. The van der Waals surface area contributed by atoms with E-state index in [1.54, 1.807) is 0 Å². The lowest BCUT2D eigenvalue weighted by atomic mass is 10.1. The lowest BCUT2D eigenvalue weighted by Crippen LogP contribution is -2.31. The molecule has 0 amide bonds. The summed E-state index contributed by atoms with van der Waals surface area (Å²) < 4.78 is 2.59. The Kier molecular flexibility index (Phi) is 13.7. The second kappa shape index (κ2) is 13.6. The van der Waals surface area contributed by atoms with Gasteiger partial charge in [0.1, 0.15) is 8.96 Å². The molecule has 0 saturated carbocycles. The van der Waals surface area contributed by atoms with Gasteiger partial charge in [0, 0.05) is 0 Å². The van der Waals surface area contributed by atoms with Crippen molar-refractivity contribution in [3.05, 3.63) is 0 Å². The van der Waals surface area contributed by atoms with Gasteiger partial charge in [-0.3, -0.25) is 0 Å². The Morgan fingerprint density at radius 1 is 0.667 bits per heavy atom. The number of hydrogen-bond donors (Lipinski definition) is 0. The normalized spacial score (nSPS) is 11.7. The maximum absolute atomic E-state index is 2.59. The van der Waals surface area contributed by atoms with Gasteiger partial charge in [0.05, 0.1) is 0 Å². The van der Waals surface area contributed by atoms with Crippen LogP contribution in [0.1, 0.15) is 77.6 Å². The molecule has 1 nitrogen and oxygen atoms in total. The fourth-order valence-electron chi connectivity index (χ4n) is 2.28. The van der Waals surface area contributed by atoms with Gasteiger partial charge in [-0.15, -0.1) is 0 Å². The number of nitrogens with zero attached hydrogens (tertiary/aromatic N) is 1. The van der Waals surface area contributed by atoms with E-state index in [0.29, 0.717) is 0 Å². The minimum atomic E-state index is -0.516. The molecule has 0 atom stereocenters. The smallest absolute Gasteiger partial charge is 0.105 e. The van der Waals surface area contributed by atoms with Crippen LogP contribution < -0.4 is 0 Å². The van der Waals surface area contributed by atoms with Gasteiger partial charge in [0.2, 0.25) is 0 Å². The van der Waals surface area contributed by atoms with Gasteiger partial charge in [-0.25, -0.2) is 0 Å². The number of unbranched alkanes of at least 4 members (excludes halogenated alkanes) is 10. The third kappa shape index (κ3) is 12.6. The first-order chi connectivity index (χ1) is 8.68. The fourth-order valence-corrected chi connectivity index (χ4v) is 2.98. The van der Waals surface area contributed by atoms with Crippen molar-refractivity contribution >= 4 is 8.96 Å². The van der Waals surface area contributed by atoms with E-state index in [1.807, 2.05) is 0 Å². The molecule has 0 spiro atoms. The average Bonchev–Trinajstić information content (AvgIpc) is 2.35. The van der Waals surface area contributed by atoms with Gasteiger partial charge >= 0.3 is 0 Å². The minimum absolute atomic E-state index is 0.516. The summed E-state index contributed by atoms with van der Waals surface area (Å²) in [5.41, 5.74) is 0. The highest BCUT2D eigenvalue weighted by molar-refractivity contribution is 6.52. The molecule has 0 aliphatic rings. The highest BCUT2D eigenvalue weighted by atomic mass is 28.3. The molecule has 0 aliphatic carbocycles. The van der Waals surface area contributed by atoms with Gasteiger partial charge in [0.25, 0.3) is 0 Å². The summed E-state index contributed by atoms with van der Waals surface area (Å²) in [7, 11) is 1.78. The summed E-state index contributed by atoms with van der Waals surface area (Å²) in [5, 5.41) is 0. The molecule has 0 aromatic rings. The molecule has 0 aromatic heterocycles. The fraction of sp³-hybridized carbons (Fsp3) is 1.00. The summed E-state index contributed by atoms with van der Waals surface area (Å²) in [6.45, 7) is 8.46. The van der Waals surface area contributed by atoms with Crippen LogP contribution in [0.25, 0.3) is 0 Å². The third-order valence-electron chi connectivity index (χ3n) is 4.00. The zero-order valence-corrected chi connectivity index (χ0v) is 14.7. The second-order valence-electron chi connectivity index (χ2n) is 6.11. The first kappa shape index (κ1) is 18.2. The van der Waals surface area contributed by atoms with E-state index in [4.69, 9.17) is 0 Å². The zero-order chi connectivity index (χ0) is 13.6. The summed E-state index contributed by atoms with van der Waals surface area (Å²) >= 11 is 0. The molecule has 0 bridgehead atoms. The molecule has 0 rings (SSSR count). The van der Waals surface area contributed by atoms with Crippen molar-refractivity contribution in [2.24, 2.45) is 0 Å². The van der Waals surface area contributed by atoms with Crippen molar-refractivity contribution in [1.29, 1.82) is 0 Å². The highest BCUT2D eigenvalue weighted by Gasteiger charge is 2.02. The van der Waals surface area contributed by atoms with Crippen molar-refractivity contribution in [1.82, 2.24) is 4.57 Å². The maximum Gasteiger partial charge on any atom is 0.105 e. The Bertz CT molecular complexity index is 159. The van der Waals surface area contributed by atoms with E-state index >= 15 is 0 Å². The lowest BCUT2D eigenvalue weighted by molar-refractivity contribution is 0.476. The van der Waals surface area contributed by atoms with E-state index < -0.39 is 8.96 Å². The van der Waals surface area contributed by atoms with Crippen LogP contribution in [0.2, 0.25) is 13.1 Å². The predicted molar refractivity (Wildman–Crippen MR) is 88.0 cm³/mol. The van der Waals surface area contributed by atoms with E-state index in [0.717, 1.165) is 0 Å². The van der Waals surface area contributed by atoms with Crippen molar-refractivity contribution < 1.29 is 0 Å². The second-order valence-corrected chi connectivity index (χ2v) is 9.18. The molecular formula is C16H37NSi. The van der Waals surface area contributed by atoms with Crippen molar-refractivity contribution in [3.8, 4) is 0 Å². The van der Waals surface area contributed by atoms with Gasteiger partial charge < -0.3 is 4.57 Å². The van der Waals surface area contributed by atoms with E-state index in [2.05, 4.69) is 31.6 Å². The van der Waals surface area contributed by atoms with Crippen LogP contribution in [-0.2, 0) is 0 Å². The molecule has 0 N–H and O–H groups in total. The van der Waals surface area contributed by atoms with Gasteiger partial charge in [0.15, 0.2) is 0 Å². The average molecular weight is 272 g/mol. The molecule has 0 unspecified atom stereocenters. The lowest BCUT2D eigenvalue weighted by Gasteiger charge is -2.19.